The number of rotatable bonds is 9. The summed E-state index contributed by atoms with van der Waals surface area (Å²) in [5, 5.41) is 0. The summed E-state index contributed by atoms with van der Waals surface area (Å²) in [6, 6.07) is 19.5. The first kappa shape index (κ1) is 26.9. The number of primary amides is 1. The maximum atomic E-state index is 14.5. The Kier molecular flexibility index (Phi) is 8.39. The molecule has 2 N–H and O–H groups in total. The molecule has 37 heavy (non-hydrogen) atoms. The second kappa shape index (κ2) is 11.5. The molecule has 0 saturated heterocycles. The third kappa shape index (κ3) is 6.43. The smallest absolute Gasteiger partial charge is 0.246 e. The van der Waals surface area contributed by atoms with Crippen LogP contribution in [0.15, 0.2) is 77.7 Å². The Balaban J connectivity index is 1.52. The summed E-state index contributed by atoms with van der Waals surface area (Å²) in [5.41, 5.74) is 8.58. The maximum Gasteiger partial charge on any atom is 0.246 e. The van der Waals surface area contributed by atoms with E-state index in [-0.39, 0.29) is 36.8 Å². The number of nitrogens with two attached hydrogens (primary N) is 1. The predicted molar refractivity (Wildman–Crippen MR) is 139 cm³/mol. The molecule has 0 aromatic heterocycles. The predicted octanol–water partition coefficient (Wildman–Crippen LogP) is 5.54. The zero-order valence-electron chi connectivity index (χ0n) is 20.8. The van der Waals surface area contributed by atoms with E-state index in [9.17, 15) is 22.0 Å². The van der Waals surface area contributed by atoms with Crippen molar-refractivity contribution in [3.63, 3.8) is 0 Å². The zero-order valence-corrected chi connectivity index (χ0v) is 21.6. The topological polar surface area (TPSA) is 80.5 Å². The number of benzene rings is 3. The number of carbonyl (C=O) groups excluding carboxylic acids is 1. The van der Waals surface area contributed by atoms with E-state index in [1.165, 1.54) is 4.31 Å². The van der Waals surface area contributed by atoms with Crippen LogP contribution in [-0.4, -0.2) is 25.2 Å². The molecule has 1 aliphatic rings. The summed E-state index contributed by atoms with van der Waals surface area (Å²) in [7, 11) is -4.22. The molecule has 1 atom stereocenters. The summed E-state index contributed by atoms with van der Waals surface area (Å²) >= 11 is 0. The molecule has 3 aromatic rings. The van der Waals surface area contributed by atoms with Crippen LogP contribution in [-0.2, 0) is 21.4 Å². The van der Waals surface area contributed by atoms with Gasteiger partial charge in [-0.25, -0.2) is 17.2 Å². The van der Waals surface area contributed by atoms with Gasteiger partial charge in [-0.05, 0) is 67.7 Å². The number of nitrogens with zero attached hydrogens (tertiary/aromatic N) is 1. The number of amides is 1. The zero-order chi connectivity index (χ0) is 26.6. The molecular formula is C29H32F2N2O3S. The van der Waals surface area contributed by atoms with Crippen molar-refractivity contribution in [2.45, 2.75) is 50.0 Å². The monoisotopic (exact) mass is 526 g/mol. The lowest BCUT2D eigenvalue weighted by Gasteiger charge is -2.35. The summed E-state index contributed by atoms with van der Waals surface area (Å²) < 4.78 is 56.3. The second-order valence-corrected chi connectivity index (χ2v) is 11.8. The normalized spacial score (nSPS) is 19.0. The van der Waals surface area contributed by atoms with Gasteiger partial charge in [-0.1, -0.05) is 60.2 Å². The van der Waals surface area contributed by atoms with Gasteiger partial charge in [0.15, 0.2) is 0 Å². The molecule has 0 bridgehead atoms. The molecule has 0 heterocycles. The standard InChI is InChI=1S/C29H32F2N2O3S/c1-20-7-11-23(12-8-20)28(29(32)34)24-13-9-22(10-14-24)19-33(18-21-5-3-2-4-6-21)37(35,36)27-16-15-25(30)17-26(27)31/h2-8,11-12,15-17,22,24,28H,9-10,13-14,18-19H2,1H3,(H2,32,34). The average molecular weight is 527 g/mol. The molecule has 0 aliphatic heterocycles. The lowest BCUT2D eigenvalue weighted by molar-refractivity contribution is -0.121. The average Bonchev–Trinajstić information content (AvgIpc) is 2.86. The molecule has 196 valence electrons. The lowest BCUT2D eigenvalue weighted by atomic mass is 9.73. The number of halogens is 2. The molecule has 1 saturated carbocycles. The first-order chi connectivity index (χ1) is 17.6. The SMILES string of the molecule is Cc1ccc(C(C(N)=O)C2CCC(CN(Cc3ccccc3)S(=O)(=O)c3ccc(F)cc3F)CC2)cc1. The highest BCUT2D eigenvalue weighted by molar-refractivity contribution is 7.89. The highest BCUT2D eigenvalue weighted by Gasteiger charge is 2.35. The van der Waals surface area contributed by atoms with Crippen LogP contribution in [0.5, 0.6) is 0 Å². The van der Waals surface area contributed by atoms with Gasteiger partial charge in [0.05, 0.1) is 5.92 Å². The van der Waals surface area contributed by atoms with E-state index in [0.29, 0.717) is 18.9 Å². The molecule has 1 amide bonds. The van der Waals surface area contributed by atoms with Crippen LogP contribution in [0.1, 0.15) is 48.3 Å². The van der Waals surface area contributed by atoms with Crippen molar-refractivity contribution in [3.8, 4) is 0 Å². The number of carbonyl (C=O) groups is 1. The van der Waals surface area contributed by atoms with Crippen LogP contribution in [0.25, 0.3) is 0 Å². The quantitative estimate of drug-likeness (QED) is 0.398. The second-order valence-electron chi connectivity index (χ2n) is 9.93. The maximum absolute atomic E-state index is 14.5. The third-order valence-electron chi connectivity index (χ3n) is 7.28. The fourth-order valence-electron chi connectivity index (χ4n) is 5.29. The minimum atomic E-state index is -4.22. The van der Waals surface area contributed by atoms with Crippen molar-refractivity contribution in [1.82, 2.24) is 4.31 Å². The Morgan fingerprint density at radius 1 is 0.973 bits per heavy atom. The molecule has 3 aromatic carbocycles. The Bertz CT molecular complexity index is 1320. The molecular weight excluding hydrogens is 494 g/mol. The Morgan fingerprint density at radius 2 is 1.62 bits per heavy atom. The first-order valence-electron chi connectivity index (χ1n) is 12.5. The van der Waals surface area contributed by atoms with Gasteiger partial charge in [-0.2, -0.15) is 4.31 Å². The lowest BCUT2D eigenvalue weighted by Crippen LogP contribution is -2.38. The van der Waals surface area contributed by atoms with Gasteiger partial charge in [0.25, 0.3) is 0 Å². The number of sulfonamides is 1. The van der Waals surface area contributed by atoms with E-state index in [1.54, 1.807) is 0 Å². The van der Waals surface area contributed by atoms with Gasteiger partial charge in [0, 0.05) is 19.2 Å². The van der Waals surface area contributed by atoms with E-state index < -0.39 is 26.6 Å². The van der Waals surface area contributed by atoms with Crippen LogP contribution >= 0.6 is 0 Å². The van der Waals surface area contributed by atoms with E-state index in [4.69, 9.17) is 5.73 Å². The summed E-state index contributed by atoms with van der Waals surface area (Å²) in [6.45, 7) is 2.26. The number of hydrogen-bond acceptors (Lipinski definition) is 3. The number of aryl methyl sites for hydroxylation is 1. The van der Waals surface area contributed by atoms with Crippen molar-refractivity contribution >= 4 is 15.9 Å². The first-order valence-corrected chi connectivity index (χ1v) is 13.9. The molecule has 0 radical (unpaired) electrons. The molecule has 1 unspecified atom stereocenters. The Labute approximate surface area is 217 Å². The van der Waals surface area contributed by atoms with Gasteiger partial charge in [0.1, 0.15) is 16.5 Å². The van der Waals surface area contributed by atoms with E-state index in [2.05, 4.69) is 0 Å². The highest BCUT2D eigenvalue weighted by atomic mass is 32.2. The van der Waals surface area contributed by atoms with Crippen molar-refractivity contribution in [2.75, 3.05) is 6.54 Å². The van der Waals surface area contributed by atoms with Gasteiger partial charge in [-0.3, -0.25) is 4.79 Å². The highest BCUT2D eigenvalue weighted by Crippen LogP contribution is 2.39. The van der Waals surface area contributed by atoms with Crippen LogP contribution in [0.4, 0.5) is 8.78 Å². The largest absolute Gasteiger partial charge is 0.369 e. The fourth-order valence-corrected chi connectivity index (χ4v) is 6.84. The summed E-state index contributed by atoms with van der Waals surface area (Å²) in [6.07, 6.45) is 2.90. The van der Waals surface area contributed by atoms with Crippen LogP contribution in [0.3, 0.4) is 0 Å². The molecule has 5 nitrogen and oxygen atoms in total. The summed E-state index contributed by atoms with van der Waals surface area (Å²) in [5.74, 6) is -2.58. The Morgan fingerprint density at radius 3 is 2.22 bits per heavy atom. The van der Waals surface area contributed by atoms with Gasteiger partial charge < -0.3 is 5.73 Å². The fraction of sp³-hybridized carbons (Fsp3) is 0.345. The molecule has 4 rings (SSSR count). The van der Waals surface area contributed by atoms with Crippen LogP contribution in [0.2, 0.25) is 0 Å². The van der Waals surface area contributed by atoms with E-state index >= 15 is 0 Å². The third-order valence-corrected chi connectivity index (χ3v) is 9.13. The van der Waals surface area contributed by atoms with Crippen molar-refractivity contribution in [3.05, 3.63) is 101 Å². The van der Waals surface area contributed by atoms with Gasteiger partial charge in [-0.15, -0.1) is 0 Å². The van der Waals surface area contributed by atoms with Crippen molar-refractivity contribution < 1.29 is 22.0 Å². The van der Waals surface area contributed by atoms with E-state index in [1.807, 2.05) is 61.5 Å². The number of hydrogen-bond donors (Lipinski definition) is 1. The van der Waals surface area contributed by atoms with Crippen molar-refractivity contribution in [1.29, 1.82) is 0 Å². The van der Waals surface area contributed by atoms with Crippen LogP contribution in [0, 0.1) is 30.4 Å². The van der Waals surface area contributed by atoms with Crippen molar-refractivity contribution in [2.24, 2.45) is 17.6 Å². The minimum Gasteiger partial charge on any atom is -0.369 e. The van der Waals surface area contributed by atoms with Gasteiger partial charge >= 0.3 is 0 Å². The summed E-state index contributed by atoms with van der Waals surface area (Å²) in [4.78, 5) is 11.8. The molecule has 1 aliphatic carbocycles. The minimum absolute atomic E-state index is 0.0322. The molecule has 0 spiro atoms. The Hall–Kier alpha value is -3.10. The van der Waals surface area contributed by atoms with Gasteiger partial charge in [0.2, 0.25) is 15.9 Å². The van der Waals surface area contributed by atoms with Crippen LogP contribution < -0.4 is 5.73 Å². The van der Waals surface area contributed by atoms with E-state index in [0.717, 1.165) is 41.7 Å². The molecule has 8 heteroatoms. The molecule has 1 fully saturated rings.